The minimum absolute atomic E-state index is 0.00289. The van der Waals surface area contributed by atoms with Crippen molar-refractivity contribution in [3.63, 3.8) is 0 Å². The Morgan fingerprint density at radius 2 is 1.80 bits per heavy atom. The number of fused-ring (bicyclic) bond motifs is 1. The average Bonchev–Trinajstić information content (AvgIpc) is 2.96. The van der Waals surface area contributed by atoms with Crippen LogP contribution in [0.15, 0.2) is 53.5 Å². The summed E-state index contributed by atoms with van der Waals surface area (Å²) < 4.78 is 10.9. The number of amides is 3. The standard InChI is InChI=1S/C29H38N6O5/c1-2-39-29(38)32-28-31-25-18-24(40-17-9-12-26(36)33-35-15-7-4-8-16-35)14-13-23(25)20-34(28)21-27(37)30-19-22-10-5-3-6-11-22/h3,5-6,10-11,13-14,18H,2,4,7-9,12,15-17,19-21H2,1H3,(H,30,37)(H,33,36)(H,31,32,38). The highest BCUT2D eigenvalue weighted by Crippen LogP contribution is 2.30. The molecule has 11 heteroatoms. The van der Waals surface area contributed by atoms with Crippen molar-refractivity contribution in [2.75, 3.05) is 32.8 Å². The third-order valence-electron chi connectivity index (χ3n) is 6.56. The lowest BCUT2D eigenvalue weighted by molar-refractivity contribution is -0.126. The van der Waals surface area contributed by atoms with E-state index in [1.54, 1.807) is 17.9 Å². The van der Waals surface area contributed by atoms with Gasteiger partial charge in [0.15, 0.2) is 0 Å². The zero-order valence-corrected chi connectivity index (χ0v) is 23.0. The van der Waals surface area contributed by atoms with Gasteiger partial charge in [0.25, 0.3) is 0 Å². The van der Waals surface area contributed by atoms with Gasteiger partial charge < -0.3 is 19.7 Å². The highest BCUT2D eigenvalue weighted by Gasteiger charge is 2.24. The normalized spacial score (nSPS) is 14.9. The summed E-state index contributed by atoms with van der Waals surface area (Å²) in [6.07, 6.45) is 3.76. The Labute approximate surface area is 234 Å². The zero-order valence-electron chi connectivity index (χ0n) is 23.0. The van der Waals surface area contributed by atoms with Crippen LogP contribution in [0.1, 0.15) is 50.2 Å². The van der Waals surface area contributed by atoms with Gasteiger partial charge in [0, 0.05) is 38.7 Å². The van der Waals surface area contributed by atoms with E-state index in [0.29, 0.717) is 44.0 Å². The van der Waals surface area contributed by atoms with Crippen molar-refractivity contribution < 1.29 is 23.9 Å². The zero-order chi connectivity index (χ0) is 28.2. The largest absolute Gasteiger partial charge is 0.494 e. The van der Waals surface area contributed by atoms with Crippen molar-refractivity contribution in [1.29, 1.82) is 0 Å². The van der Waals surface area contributed by atoms with Crippen molar-refractivity contribution >= 4 is 29.6 Å². The molecule has 2 heterocycles. The Morgan fingerprint density at radius 3 is 2.58 bits per heavy atom. The van der Waals surface area contributed by atoms with Crippen LogP contribution in [0.4, 0.5) is 10.5 Å². The number of nitrogens with zero attached hydrogens (tertiary/aromatic N) is 3. The summed E-state index contributed by atoms with van der Waals surface area (Å²) in [5.74, 6) is 0.647. The summed E-state index contributed by atoms with van der Waals surface area (Å²) in [5, 5.41) is 7.55. The first-order valence-electron chi connectivity index (χ1n) is 13.9. The number of hydrazine groups is 1. The SMILES string of the molecule is CCOC(=O)NC1=Nc2cc(OCCCC(=O)NN3CCCCC3)ccc2CN1CC(=O)NCc1ccccc1. The van der Waals surface area contributed by atoms with E-state index < -0.39 is 6.09 Å². The van der Waals surface area contributed by atoms with Crippen molar-refractivity contribution in [3.8, 4) is 5.75 Å². The number of benzene rings is 2. The molecule has 0 bridgehead atoms. The summed E-state index contributed by atoms with van der Waals surface area (Å²) in [5.41, 5.74) is 5.48. The van der Waals surface area contributed by atoms with Crippen molar-refractivity contribution in [2.24, 2.45) is 4.99 Å². The lowest BCUT2D eigenvalue weighted by atomic mass is 10.1. The Hall–Kier alpha value is -4.12. The fourth-order valence-electron chi connectivity index (χ4n) is 4.52. The predicted molar refractivity (Wildman–Crippen MR) is 151 cm³/mol. The van der Waals surface area contributed by atoms with E-state index in [9.17, 15) is 14.4 Å². The lowest BCUT2D eigenvalue weighted by Gasteiger charge is -2.30. The molecule has 3 amide bonds. The van der Waals surface area contributed by atoms with Gasteiger partial charge in [-0.15, -0.1) is 0 Å². The Bertz CT molecular complexity index is 1180. The molecule has 1 fully saturated rings. The molecule has 11 nitrogen and oxygen atoms in total. The molecule has 1 saturated heterocycles. The minimum atomic E-state index is -0.644. The topological polar surface area (TPSA) is 125 Å². The van der Waals surface area contributed by atoms with Crippen LogP contribution in [0.2, 0.25) is 0 Å². The number of carbonyl (C=O) groups is 3. The van der Waals surface area contributed by atoms with Crippen LogP contribution in [0.5, 0.6) is 5.75 Å². The lowest BCUT2D eigenvalue weighted by Crippen LogP contribution is -2.49. The molecule has 0 radical (unpaired) electrons. The molecule has 40 heavy (non-hydrogen) atoms. The first kappa shape index (κ1) is 28.9. The Morgan fingerprint density at radius 1 is 1.00 bits per heavy atom. The number of nitrogens with one attached hydrogen (secondary N) is 3. The molecular weight excluding hydrogens is 512 g/mol. The molecule has 4 rings (SSSR count). The van der Waals surface area contributed by atoms with Gasteiger partial charge in [0.2, 0.25) is 17.8 Å². The van der Waals surface area contributed by atoms with E-state index in [0.717, 1.165) is 37.1 Å². The minimum Gasteiger partial charge on any atom is -0.494 e. The number of alkyl carbamates (subject to hydrolysis) is 1. The van der Waals surface area contributed by atoms with Gasteiger partial charge in [-0.05, 0) is 43.4 Å². The first-order valence-corrected chi connectivity index (χ1v) is 13.9. The van der Waals surface area contributed by atoms with Crippen LogP contribution in [0, 0.1) is 0 Å². The predicted octanol–water partition coefficient (Wildman–Crippen LogP) is 3.23. The fraction of sp³-hybridized carbons (Fsp3) is 0.448. The molecule has 0 saturated carbocycles. The smallest absolute Gasteiger partial charge is 0.413 e. The summed E-state index contributed by atoms with van der Waals surface area (Å²) >= 11 is 0. The number of hydrogen-bond donors (Lipinski definition) is 3. The van der Waals surface area contributed by atoms with Crippen LogP contribution in [-0.4, -0.2) is 66.6 Å². The van der Waals surface area contributed by atoms with Gasteiger partial charge >= 0.3 is 6.09 Å². The maximum absolute atomic E-state index is 12.7. The molecule has 0 unspecified atom stereocenters. The Balaban J connectivity index is 1.32. The van der Waals surface area contributed by atoms with Gasteiger partial charge in [-0.2, -0.15) is 0 Å². The van der Waals surface area contributed by atoms with Crippen LogP contribution >= 0.6 is 0 Å². The molecular formula is C29H38N6O5. The van der Waals surface area contributed by atoms with E-state index >= 15 is 0 Å². The molecule has 2 aliphatic heterocycles. The highest BCUT2D eigenvalue weighted by molar-refractivity contribution is 5.98. The van der Waals surface area contributed by atoms with Gasteiger partial charge in [-0.1, -0.05) is 42.8 Å². The monoisotopic (exact) mass is 550 g/mol. The summed E-state index contributed by atoms with van der Waals surface area (Å²) in [6, 6.07) is 15.2. The van der Waals surface area contributed by atoms with E-state index in [1.165, 1.54) is 6.42 Å². The number of rotatable bonds is 11. The highest BCUT2D eigenvalue weighted by atomic mass is 16.5. The van der Waals surface area contributed by atoms with Gasteiger partial charge in [-0.25, -0.2) is 14.8 Å². The second-order valence-corrected chi connectivity index (χ2v) is 9.72. The van der Waals surface area contributed by atoms with E-state index in [-0.39, 0.29) is 30.9 Å². The van der Waals surface area contributed by atoms with Crippen LogP contribution in [0.3, 0.4) is 0 Å². The average molecular weight is 551 g/mol. The summed E-state index contributed by atoms with van der Waals surface area (Å²) in [4.78, 5) is 43.4. The molecule has 0 aliphatic carbocycles. The van der Waals surface area contributed by atoms with Crippen molar-refractivity contribution in [2.45, 2.75) is 52.1 Å². The van der Waals surface area contributed by atoms with Crippen molar-refractivity contribution in [3.05, 3.63) is 59.7 Å². The van der Waals surface area contributed by atoms with Gasteiger partial charge in [-0.3, -0.25) is 20.3 Å². The number of ether oxygens (including phenoxy) is 2. The quantitative estimate of drug-likeness (QED) is 0.367. The molecule has 0 spiro atoms. The second kappa shape index (κ2) is 14.9. The third-order valence-corrected chi connectivity index (χ3v) is 6.56. The van der Waals surface area contributed by atoms with Crippen LogP contribution in [0.25, 0.3) is 0 Å². The molecule has 3 N–H and O–H groups in total. The maximum Gasteiger partial charge on any atom is 0.413 e. The molecule has 2 aliphatic rings. The molecule has 2 aromatic carbocycles. The van der Waals surface area contributed by atoms with E-state index in [1.807, 2.05) is 47.5 Å². The molecule has 2 aromatic rings. The molecule has 0 atom stereocenters. The number of guanidine groups is 1. The Kier molecular flexibility index (Phi) is 10.7. The van der Waals surface area contributed by atoms with Crippen LogP contribution < -0.4 is 20.8 Å². The third kappa shape index (κ3) is 8.98. The number of aliphatic imine (C=N–C) groups is 1. The molecule has 0 aromatic heterocycles. The van der Waals surface area contributed by atoms with Crippen LogP contribution in [-0.2, 0) is 27.4 Å². The maximum atomic E-state index is 12.7. The fourth-order valence-corrected chi connectivity index (χ4v) is 4.52. The first-order chi connectivity index (χ1) is 19.5. The van der Waals surface area contributed by atoms with E-state index in [4.69, 9.17) is 9.47 Å². The summed E-state index contributed by atoms with van der Waals surface area (Å²) in [7, 11) is 0. The molecule has 214 valence electrons. The number of piperidine rings is 1. The van der Waals surface area contributed by atoms with E-state index in [2.05, 4.69) is 21.1 Å². The summed E-state index contributed by atoms with van der Waals surface area (Å²) in [6.45, 7) is 4.90. The number of hydrogen-bond acceptors (Lipinski definition) is 8. The van der Waals surface area contributed by atoms with Gasteiger partial charge in [0.05, 0.1) is 18.9 Å². The van der Waals surface area contributed by atoms with Gasteiger partial charge in [0.1, 0.15) is 12.3 Å². The number of carbonyl (C=O) groups excluding carboxylic acids is 3. The van der Waals surface area contributed by atoms with Crippen molar-refractivity contribution in [1.82, 2.24) is 26.0 Å². The second-order valence-electron chi connectivity index (χ2n) is 9.72.